The predicted octanol–water partition coefficient (Wildman–Crippen LogP) is 2.02. The first-order chi connectivity index (χ1) is 6.21. The van der Waals surface area contributed by atoms with Gasteiger partial charge in [-0.05, 0) is 19.6 Å². The molecule has 9 heteroatoms. The molecule has 0 aliphatic rings. The second kappa shape index (κ2) is 3.63. The maximum absolute atomic E-state index is 12.6. The fourth-order valence-electron chi connectivity index (χ4n) is 0.615. The monoisotopic (exact) mass is 255 g/mol. The van der Waals surface area contributed by atoms with E-state index in [1.54, 1.807) is 0 Å². The fraction of sp³-hybridized carbons (Fsp3) is 1.00. The van der Waals surface area contributed by atoms with Crippen LogP contribution in [-0.4, -0.2) is 26.5 Å². The number of alkyl halides is 6. The fourth-order valence-corrected chi connectivity index (χ4v) is 1.52. The zero-order valence-electron chi connectivity index (χ0n) is 8.08. The summed E-state index contributed by atoms with van der Waals surface area (Å²) in [7, 11) is -3.17. The highest BCUT2D eigenvalue weighted by Crippen LogP contribution is 2.42. The molecule has 15 heavy (non-hydrogen) atoms. The maximum Gasteiger partial charge on any atom is 0.416 e. The number of halogens is 6. The van der Waals surface area contributed by atoms with Crippen molar-refractivity contribution < 1.29 is 35.9 Å². The first-order valence-electron chi connectivity index (χ1n) is 3.75. The normalized spacial score (nSPS) is 18.8. The van der Waals surface area contributed by atoms with Crippen LogP contribution in [-0.2, 0) is 4.43 Å². The maximum atomic E-state index is 12.6. The molecule has 0 aliphatic heterocycles. The van der Waals surface area contributed by atoms with Crippen LogP contribution in [0.25, 0.3) is 0 Å². The predicted molar refractivity (Wildman–Crippen MR) is 39.3 cm³/mol. The van der Waals surface area contributed by atoms with E-state index in [2.05, 4.69) is 4.43 Å². The number of hydrogen-bond acceptors (Lipinski definition) is 2. The van der Waals surface area contributed by atoms with Crippen LogP contribution in [0.1, 0.15) is 0 Å². The van der Waals surface area contributed by atoms with Crippen LogP contribution >= 0.6 is 0 Å². The van der Waals surface area contributed by atoms with E-state index in [0.29, 0.717) is 0 Å². The van der Waals surface area contributed by atoms with Crippen molar-refractivity contribution in [3.05, 3.63) is 0 Å². The van der Waals surface area contributed by atoms with Crippen LogP contribution in [0.5, 0.6) is 0 Å². The highest BCUT2D eigenvalue weighted by atomic mass is 28.4. The molecule has 0 fully saturated rings. The highest BCUT2D eigenvalue weighted by Gasteiger charge is 2.64. The van der Waals surface area contributed by atoms with E-state index in [1.165, 1.54) is 0 Å². The molecule has 0 N–H and O–H groups in total. The molecule has 0 aliphatic carbocycles. The molecule has 0 amide bonds. The summed E-state index contributed by atoms with van der Waals surface area (Å²) in [5, 5.41) is 10.2. The Hall–Kier alpha value is -0.283. The summed E-state index contributed by atoms with van der Waals surface area (Å²) in [5.41, 5.74) is 0. The molecule has 0 rings (SSSR count). The first-order valence-corrected chi connectivity index (χ1v) is 7.15. The summed E-state index contributed by atoms with van der Waals surface area (Å²) in [6.45, 7) is 3.31. The third kappa shape index (κ3) is 3.35. The Morgan fingerprint density at radius 3 is 1.47 bits per heavy atom. The number of hydrogen-bond donors (Lipinski definition) is 0. The standard InChI is InChI=1S/C6H9F6O2Si/c1-15(2,3)14-6(11,12)4(7,13)5(8,9)10/h1-3H3/q-1. The Bertz CT molecular complexity index is 231. The van der Waals surface area contributed by atoms with E-state index in [0.717, 1.165) is 19.6 Å². The van der Waals surface area contributed by atoms with Gasteiger partial charge in [-0.2, -0.15) is 22.0 Å². The van der Waals surface area contributed by atoms with Crippen LogP contribution in [0.4, 0.5) is 26.3 Å². The smallest absolute Gasteiger partial charge is 0.416 e. The van der Waals surface area contributed by atoms with Crippen LogP contribution in [0.15, 0.2) is 0 Å². The number of rotatable bonds is 3. The third-order valence-electron chi connectivity index (χ3n) is 1.17. The molecule has 2 nitrogen and oxygen atoms in total. The molecular formula is C6H9F6O2Si-. The van der Waals surface area contributed by atoms with Crippen LogP contribution in [0.3, 0.4) is 0 Å². The van der Waals surface area contributed by atoms with E-state index in [-0.39, 0.29) is 0 Å². The highest BCUT2D eigenvalue weighted by molar-refractivity contribution is 6.69. The molecule has 0 aromatic heterocycles. The largest absolute Gasteiger partial charge is 0.811 e. The molecule has 1 unspecified atom stereocenters. The zero-order valence-corrected chi connectivity index (χ0v) is 9.08. The van der Waals surface area contributed by atoms with Gasteiger partial charge >= 0.3 is 12.3 Å². The van der Waals surface area contributed by atoms with Crippen molar-refractivity contribution in [2.24, 2.45) is 0 Å². The lowest BCUT2D eigenvalue weighted by Crippen LogP contribution is -2.67. The summed E-state index contributed by atoms with van der Waals surface area (Å²) >= 11 is 0. The average Bonchev–Trinajstić information content (AvgIpc) is 1.77. The summed E-state index contributed by atoms with van der Waals surface area (Å²) in [6, 6.07) is 0. The topological polar surface area (TPSA) is 32.3 Å². The molecule has 1 atom stereocenters. The van der Waals surface area contributed by atoms with E-state index in [9.17, 15) is 31.4 Å². The molecule has 0 saturated heterocycles. The Morgan fingerprint density at radius 2 is 1.27 bits per heavy atom. The second-order valence-electron chi connectivity index (χ2n) is 3.82. The van der Waals surface area contributed by atoms with Crippen molar-refractivity contribution in [2.75, 3.05) is 0 Å². The van der Waals surface area contributed by atoms with Gasteiger partial charge in [0.2, 0.25) is 5.85 Å². The van der Waals surface area contributed by atoms with Crippen LogP contribution in [0, 0.1) is 0 Å². The minimum absolute atomic E-state index is 1.10. The Kier molecular flexibility index (Phi) is 3.56. The lowest BCUT2D eigenvalue weighted by atomic mass is 10.3. The Balaban J connectivity index is 5.03. The van der Waals surface area contributed by atoms with Gasteiger partial charge in [-0.1, -0.05) is 0 Å². The van der Waals surface area contributed by atoms with Gasteiger partial charge in [0.25, 0.3) is 0 Å². The van der Waals surface area contributed by atoms with Crippen LogP contribution in [0.2, 0.25) is 19.6 Å². The molecular weight excluding hydrogens is 246 g/mol. The molecule has 0 aromatic carbocycles. The second-order valence-corrected chi connectivity index (χ2v) is 8.25. The summed E-state index contributed by atoms with van der Waals surface area (Å²) in [5.74, 6) is -5.93. The quantitative estimate of drug-likeness (QED) is 0.571. The van der Waals surface area contributed by atoms with Crippen molar-refractivity contribution in [3.63, 3.8) is 0 Å². The van der Waals surface area contributed by atoms with Gasteiger partial charge in [0, 0.05) is 0 Å². The van der Waals surface area contributed by atoms with Crippen molar-refractivity contribution in [1.29, 1.82) is 0 Å². The third-order valence-corrected chi connectivity index (χ3v) is 2.04. The molecule has 0 radical (unpaired) electrons. The van der Waals surface area contributed by atoms with Gasteiger partial charge in [0.05, 0.1) is 0 Å². The van der Waals surface area contributed by atoms with Crippen molar-refractivity contribution in [2.45, 2.75) is 37.8 Å². The summed E-state index contributed by atoms with van der Waals surface area (Å²) in [6.07, 6.45) is -11.6. The Morgan fingerprint density at radius 1 is 0.933 bits per heavy atom. The zero-order chi connectivity index (χ0) is 12.7. The summed E-state index contributed by atoms with van der Waals surface area (Å²) < 4.78 is 76.2. The molecule has 0 saturated carbocycles. The van der Waals surface area contributed by atoms with E-state index < -0.39 is 26.5 Å². The van der Waals surface area contributed by atoms with Gasteiger partial charge in [-0.3, -0.25) is 0 Å². The van der Waals surface area contributed by atoms with Crippen molar-refractivity contribution >= 4 is 8.32 Å². The van der Waals surface area contributed by atoms with Crippen LogP contribution < -0.4 is 5.11 Å². The minimum atomic E-state index is -6.23. The molecule has 0 bridgehead atoms. The lowest BCUT2D eigenvalue weighted by molar-refractivity contribution is -0.639. The van der Waals surface area contributed by atoms with Gasteiger partial charge in [-0.25, -0.2) is 4.39 Å². The van der Waals surface area contributed by atoms with Gasteiger partial charge in [-0.15, -0.1) is 0 Å². The van der Waals surface area contributed by atoms with Crippen molar-refractivity contribution in [1.82, 2.24) is 0 Å². The van der Waals surface area contributed by atoms with E-state index in [1.807, 2.05) is 0 Å². The summed E-state index contributed by atoms with van der Waals surface area (Å²) in [4.78, 5) is 0. The van der Waals surface area contributed by atoms with Crippen molar-refractivity contribution in [3.8, 4) is 0 Å². The van der Waals surface area contributed by atoms with E-state index in [4.69, 9.17) is 0 Å². The molecule has 0 aromatic rings. The molecule has 92 valence electrons. The molecule has 0 heterocycles. The van der Waals surface area contributed by atoms with Gasteiger partial charge in [0.15, 0.2) is 8.32 Å². The van der Waals surface area contributed by atoms with Gasteiger partial charge < -0.3 is 9.53 Å². The molecule has 0 spiro atoms. The SMILES string of the molecule is C[Si](C)(C)OC(F)(F)C([O-])(F)C(F)(F)F. The average molecular weight is 255 g/mol. The Labute approximate surface area is 83.0 Å². The van der Waals surface area contributed by atoms with Gasteiger partial charge in [0.1, 0.15) is 0 Å². The van der Waals surface area contributed by atoms with E-state index >= 15 is 0 Å². The minimum Gasteiger partial charge on any atom is -0.811 e. The first kappa shape index (κ1) is 14.7. The lowest BCUT2D eigenvalue weighted by Gasteiger charge is -2.41.